The smallest absolute Gasteiger partial charge is 0.317 e. The van der Waals surface area contributed by atoms with Crippen molar-refractivity contribution in [2.75, 3.05) is 10.8 Å². The Hall–Kier alpha value is -2.37. The largest absolute Gasteiger partial charge is 0.335 e. The van der Waals surface area contributed by atoms with E-state index in [1.54, 1.807) is 23.1 Å². The van der Waals surface area contributed by atoms with E-state index in [1.165, 1.54) is 0 Å². The summed E-state index contributed by atoms with van der Waals surface area (Å²) in [4.78, 5) is 31.0. The van der Waals surface area contributed by atoms with Crippen molar-refractivity contribution in [1.82, 2.24) is 0 Å². The molecule has 0 spiro atoms. The number of carbonyl (C=O) groups excluding carboxylic acids is 2. The first-order valence-corrected chi connectivity index (χ1v) is 9.01. The fourth-order valence-corrected chi connectivity index (χ4v) is 2.89. The zero-order valence-electron chi connectivity index (χ0n) is 13.8. The molecule has 0 bridgehead atoms. The second-order valence-corrected chi connectivity index (χ2v) is 6.55. The summed E-state index contributed by atoms with van der Waals surface area (Å²) in [5.74, 6) is -0.464. The third-order valence-electron chi connectivity index (χ3n) is 3.90. The van der Waals surface area contributed by atoms with Gasteiger partial charge in [-0.3, -0.25) is 4.79 Å². The molecule has 3 rings (SSSR count). The lowest BCUT2D eigenvalue weighted by Crippen LogP contribution is -2.29. The molecule has 1 aliphatic rings. The number of nitrogens with zero attached hydrogens (tertiary/aromatic N) is 2. The minimum atomic E-state index is -0.514. The van der Waals surface area contributed by atoms with E-state index in [4.69, 9.17) is 28.0 Å². The predicted molar refractivity (Wildman–Crippen MR) is 102 cm³/mol. The molecule has 1 amide bonds. The Bertz CT molecular complexity index is 850. The Morgan fingerprint density at radius 2 is 1.85 bits per heavy atom. The van der Waals surface area contributed by atoms with Gasteiger partial charge in [-0.25, -0.2) is 4.79 Å². The molecule has 7 heteroatoms. The van der Waals surface area contributed by atoms with Crippen LogP contribution in [-0.2, 0) is 21.0 Å². The number of amides is 1. The molecule has 0 radical (unpaired) electrons. The average Bonchev–Trinajstić information content (AvgIpc) is 2.91. The van der Waals surface area contributed by atoms with E-state index in [-0.39, 0.29) is 18.0 Å². The van der Waals surface area contributed by atoms with Crippen LogP contribution in [0.4, 0.5) is 5.69 Å². The molecular weight excluding hydrogens is 375 g/mol. The molecule has 0 saturated carbocycles. The van der Waals surface area contributed by atoms with Crippen LogP contribution in [0, 0.1) is 0 Å². The van der Waals surface area contributed by atoms with Crippen molar-refractivity contribution in [2.45, 2.75) is 19.4 Å². The van der Waals surface area contributed by atoms with Gasteiger partial charge in [0, 0.05) is 22.9 Å². The zero-order valence-corrected chi connectivity index (χ0v) is 15.3. The molecule has 0 unspecified atom stereocenters. The van der Waals surface area contributed by atoms with Crippen LogP contribution in [0.3, 0.4) is 0 Å². The van der Waals surface area contributed by atoms with Crippen molar-refractivity contribution in [2.24, 2.45) is 5.16 Å². The molecule has 0 saturated heterocycles. The fraction of sp³-hybridized carbons (Fsp3) is 0.211. The van der Waals surface area contributed by atoms with Gasteiger partial charge in [-0.1, -0.05) is 47.1 Å². The number of hydrogen-bond donors (Lipinski definition) is 0. The third kappa shape index (κ3) is 4.06. The van der Waals surface area contributed by atoms with Crippen molar-refractivity contribution >= 4 is 46.5 Å². The monoisotopic (exact) mass is 390 g/mol. The molecule has 0 aliphatic carbocycles. The van der Waals surface area contributed by atoms with Gasteiger partial charge in [0.15, 0.2) is 5.71 Å². The Morgan fingerprint density at radius 1 is 1.12 bits per heavy atom. The first kappa shape index (κ1) is 18.4. The molecule has 0 atom stereocenters. The topological polar surface area (TPSA) is 59.0 Å². The number of anilines is 1. The van der Waals surface area contributed by atoms with Crippen molar-refractivity contribution in [3.05, 3.63) is 64.7 Å². The number of benzene rings is 2. The fourth-order valence-electron chi connectivity index (χ4n) is 2.63. The second-order valence-electron chi connectivity index (χ2n) is 5.73. The van der Waals surface area contributed by atoms with E-state index in [2.05, 4.69) is 5.16 Å². The molecule has 1 aliphatic heterocycles. The van der Waals surface area contributed by atoms with Crippen molar-refractivity contribution in [3.63, 3.8) is 0 Å². The molecule has 134 valence electrons. The molecule has 0 aromatic heterocycles. The minimum Gasteiger partial charge on any atom is -0.317 e. The predicted octanol–water partition coefficient (Wildman–Crippen LogP) is 4.15. The summed E-state index contributed by atoms with van der Waals surface area (Å²) in [6.45, 7) is 0.367. The lowest BCUT2D eigenvalue weighted by atomic mass is 10.1. The lowest BCUT2D eigenvalue weighted by molar-refractivity contribution is -0.143. The maximum Gasteiger partial charge on any atom is 0.335 e. The van der Waals surface area contributed by atoms with E-state index in [9.17, 15) is 9.59 Å². The summed E-state index contributed by atoms with van der Waals surface area (Å²) < 4.78 is 0. The van der Waals surface area contributed by atoms with Crippen molar-refractivity contribution in [1.29, 1.82) is 0 Å². The number of halogens is 2. The van der Waals surface area contributed by atoms with Gasteiger partial charge in [0.05, 0.1) is 12.2 Å². The van der Waals surface area contributed by atoms with Crippen molar-refractivity contribution < 1.29 is 14.4 Å². The summed E-state index contributed by atoms with van der Waals surface area (Å²) in [5, 5.41) is 4.45. The lowest BCUT2D eigenvalue weighted by Gasteiger charge is -2.16. The van der Waals surface area contributed by atoms with Crippen LogP contribution in [0.2, 0.25) is 5.02 Å². The quantitative estimate of drug-likeness (QED) is 0.422. The van der Waals surface area contributed by atoms with Crippen LogP contribution >= 0.6 is 23.2 Å². The number of rotatable bonds is 6. The maximum atomic E-state index is 12.8. The van der Waals surface area contributed by atoms with Crippen LogP contribution in [0.1, 0.15) is 24.0 Å². The van der Waals surface area contributed by atoms with Crippen LogP contribution in [0.15, 0.2) is 53.7 Å². The van der Waals surface area contributed by atoms with Gasteiger partial charge in [-0.15, -0.1) is 11.6 Å². The van der Waals surface area contributed by atoms with Gasteiger partial charge in [0.2, 0.25) is 0 Å². The molecule has 0 N–H and O–H groups in total. The Kier molecular flexibility index (Phi) is 5.91. The number of oxime groups is 1. The van der Waals surface area contributed by atoms with Gasteiger partial charge in [-0.05, 0) is 30.2 Å². The van der Waals surface area contributed by atoms with Gasteiger partial charge in [-0.2, -0.15) is 0 Å². The second kappa shape index (κ2) is 8.34. The summed E-state index contributed by atoms with van der Waals surface area (Å²) in [7, 11) is 0. The normalized spacial score (nSPS) is 14.6. The number of hydrogen-bond acceptors (Lipinski definition) is 4. The van der Waals surface area contributed by atoms with E-state index in [1.807, 2.05) is 30.3 Å². The Labute approximate surface area is 161 Å². The maximum absolute atomic E-state index is 12.8. The summed E-state index contributed by atoms with van der Waals surface area (Å²) in [6.07, 6.45) is 0.656. The summed E-state index contributed by atoms with van der Waals surface area (Å²) in [6, 6.07) is 14.5. The van der Waals surface area contributed by atoms with Crippen LogP contribution in [0.5, 0.6) is 0 Å². The van der Waals surface area contributed by atoms with E-state index in [0.717, 1.165) is 11.3 Å². The number of alkyl halides is 1. The Balaban J connectivity index is 1.83. The number of para-hydroxylation sites is 1. The van der Waals surface area contributed by atoms with Crippen molar-refractivity contribution in [3.8, 4) is 0 Å². The standard InChI is InChI=1S/C19H16Cl2N2O3/c20-11-3-6-17(24)26-22-18-15-4-1-2-5-16(15)23(19(18)25)12-13-7-9-14(21)10-8-13/h1-2,4-5,7-10H,3,6,11-12H2/b22-18-. The van der Waals surface area contributed by atoms with Crippen LogP contribution < -0.4 is 4.90 Å². The molecule has 2 aromatic carbocycles. The molecule has 0 fully saturated rings. The molecular formula is C19H16Cl2N2O3. The first-order valence-electron chi connectivity index (χ1n) is 8.09. The van der Waals surface area contributed by atoms with Gasteiger partial charge < -0.3 is 9.74 Å². The minimum absolute atomic E-state index is 0.119. The molecule has 5 nitrogen and oxygen atoms in total. The highest BCUT2D eigenvalue weighted by Gasteiger charge is 2.34. The number of fused-ring (bicyclic) bond motifs is 1. The van der Waals surface area contributed by atoms with Crippen LogP contribution in [-0.4, -0.2) is 23.5 Å². The number of carbonyl (C=O) groups is 2. The van der Waals surface area contributed by atoms with E-state index in [0.29, 0.717) is 29.4 Å². The molecule has 26 heavy (non-hydrogen) atoms. The summed E-state index contributed by atoms with van der Waals surface area (Å²) >= 11 is 11.5. The van der Waals surface area contributed by atoms with Gasteiger partial charge >= 0.3 is 5.97 Å². The van der Waals surface area contributed by atoms with E-state index >= 15 is 0 Å². The Morgan fingerprint density at radius 3 is 2.58 bits per heavy atom. The summed E-state index contributed by atoms with van der Waals surface area (Å²) in [5.41, 5.74) is 2.41. The molecule has 1 heterocycles. The van der Waals surface area contributed by atoms with E-state index < -0.39 is 5.97 Å². The highest BCUT2D eigenvalue weighted by Crippen LogP contribution is 2.30. The molecule has 2 aromatic rings. The average molecular weight is 391 g/mol. The first-order chi connectivity index (χ1) is 12.6. The van der Waals surface area contributed by atoms with Crippen LogP contribution in [0.25, 0.3) is 0 Å². The highest BCUT2D eigenvalue weighted by atomic mass is 35.5. The third-order valence-corrected chi connectivity index (χ3v) is 4.42. The SMILES string of the molecule is O=C(CCCCl)O/N=C1\C(=O)N(Cc2ccc(Cl)cc2)c2ccccc21. The zero-order chi connectivity index (χ0) is 18.5. The van der Waals surface area contributed by atoms with Gasteiger partial charge in [0.25, 0.3) is 5.91 Å². The van der Waals surface area contributed by atoms with Gasteiger partial charge in [0.1, 0.15) is 0 Å². The highest BCUT2D eigenvalue weighted by molar-refractivity contribution is 6.54.